The van der Waals surface area contributed by atoms with Gasteiger partial charge >= 0.3 is 5.97 Å². The zero-order valence-electron chi connectivity index (χ0n) is 17.4. The maximum Gasteiger partial charge on any atom is 0.302 e. The molecule has 0 bridgehead atoms. The van der Waals surface area contributed by atoms with Gasteiger partial charge in [-0.05, 0) is 93.8 Å². The fraction of sp³-hybridized carbons (Fsp3) is 0.958. The molecule has 0 N–H and O–H groups in total. The number of hydrogen-bond acceptors (Lipinski definition) is 2. The van der Waals surface area contributed by atoms with E-state index >= 15 is 0 Å². The molecule has 0 unspecified atom stereocenters. The Labute approximate surface area is 161 Å². The van der Waals surface area contributed by atoms with E-state index in [1.807, 2.05) is 0 Å². The van der Waals surface area contributed by atoms with E-state index in [1.165, 1.54) is 83.5 Å². The fourth-order valence-electron chi connectivity index (χ4n) is 6.48. The molecule has 0 heterocycles. The van der Waals surface area contributed by atoms with Gasteiger partial charge in [0, 0.05) is 6.92 Å². The average Bonchev–Trinajstić information content (AvgIpc) is 2.67. The van der Waals surface area contributed by atoms with Crippen LogP contribution < -0.4 is 0 Å². The molecular weight excluding hydrogens is 320 g/mol. The summed E-state index contributed by atoms with van der Waals surface area (Å²) < 4.78 is 5.53. The lowest BCUT2D eigenvalue weighted by Crippen LogP contribution is -2.32. The summed E-state index contributed by atoms with van der Waals surface area (Å²) in [5.74, 6) is 4.74. The summed E-state index contributed by atoms with van der Waals surface area (Å²) in [5, 5.41) is 0. The molecule has 2 heteroatoms. The molecule has 26 heavy (non-hydrogen) atoms. The molecule has 3 saturated carbocycles. The molecule has 3 aliphatic rings. The predicted octanol–water partition coefficient (Wildman–Crippen LogP) is 6.91. The second-order valence-corrected chi connectivity index (χ2v) is 9.76. The third-order valence-corrected chi connectivity index (χ3v) is 8.01. The zero-order chi connectivity index (χ0) is 18.4. The van der Waals surface area contributed by atoms with Gasteiger partial charge in [0.05, 0.1) is 0 Å². The molecular formula is C24H42O2. The first-order valence-corrected chi connectivity index (χ1v) is 11.8. The van der Waals surface area contributed by atoms with Crippen molar-refractivity contribution in [3.05, 3.63) is 0 Å². The first-order chi connectivity index (χ1) is 12.7. The molecule has 0 spiro atoms. The minimum absolute atomic E-state index is 0.0890. The molecule has 2 atom stereocenters. The summed E-state index contributed by atoms with van der Waals surface area (Å²) in [6.45, 7) is 3.89. The number of rotatable bonds is 6. The largest absolute Gasteiger partial charge is 0.463 e. The molecule has 2 nitrogen and oxygen atoms in total. The molecule has 0 saturated heterocycles. The van der Waals surface area contributed by atoms with Crippen molar-refractivity contribution in [2.45, 2.75) is 116 Å². The smallest absolute Gasteiger partial charge is 0.302 e. The van der Waals surface area contributed by atoms with Crippen LogP contribution in [0.5, 0.6) is 0 Å². The van der Waals surface area contributed by atoms with Gasteiger partial charge in [0.2, 0.25) is 0 Å². The number of carbonyl (C=O) groups is 1. The second-order valence-electron chi connectivity index (χ2n) is 9.76. The lowest BCUT2D eigenvalue weighted by atomic mass is 9.65. The summed E-state index contributed by atoms with van der Waals surface area (Å²) in [4.78, 5) is 11.3. The lowest BCUT2D eigenvalue weighted by molar-refractivity contribution is -0.149. The van der Waals surface area contributed by atoms with Crippen LogP contribution in [0.25, 0.3) is 0 Å². The quantitative estimate of drug-likeness (QED) is 0.480. The Hall–Kier alpha value is -0.530. The third kappa shape index (κ3) is 5.73. The topological polar surface area (TPSA) is 26.3 Å². The molecule has 0 aromatic rings. The Kier molecular flexibility index (Phi) is 7.88. The van der Waals surface area contributed by atoms with Gasteiger partial charge < -0.3 is 4.74 Å². The van der Waals surface area contributed by atoms with Gasteiger partial charge in [-0.2, -0.15) is 0 Å². The lowest BCUT2D eigenvalue weighted by Gasteiger charge is -2.41. The molecule has 0 aromatic heterocycles. The number of carbonyl (C=O) groups excluding carboxylic acids is 1. The minimum Gasteiger partial charge on any atom is -0.463 e. The Morgan fingerprint density at radius 1 is 0.808 bits per heavy atom. The fourth-order valence-corrected chi connectivity index (χ4v) is 6.48. The predicted molar refractivity (Wildman–Crippen MR) is 108 cm³/mol. The van der Waals surface area contributed by atoms with Gasteiger partial charge in [-0.3, -0.25) is 4.79 Å². The van der Waals surface area contributed by atoms with E-state index in [4.69, 9.17) is 4.74 Å². The van der Waals surface area contributed by atoms with E-state index in [-0.39, 0.29) is 12.1 Å². The molecule has 0 amide bonds. The standard InChI is InChI=1S/C24H42O2/c1-3-4-6-19-9-11-20(12-10-19)21-13-15-22(16-14-21)23-7-5-8-24(17-23)26-18(2)25/h19-24H,3-17H2,1-2H3/t19?,20?,21?,22?,23-,24+/m0/s1. The van der Waals surface area contributed by atoms with Crippen LogP contribution in [0, 0.1) is 29.6 Å². The van der Waals surface area contributed by atoms with Crippen LogP contribution in [0.3, 0.4) is 0 Å². The van der Waals surface area contributed by atoms with Crippen LogP contribution in [0.4, 0.5) is 0 Å². The average molecular weight is 363 g/mol. The van der Waals surface area contributed by atoms with Gasteiger partial charge in [0.1, 0.15) is 6.10 Å². The van der Waals surface area contributed by atoms with Crippen molar-refractivity contribution >= 4 is 5.97 Å². The number of ether oxygens (including phenoxy) is 1. The first-order valence-electron chi connectivity index (χ1n) is 11.8. The van der Waals surface area contributed by atoms with Crippen LogP contribution in [0.15, 0.2) is 0 Å². The van der Waals surface area contributed by atoms with Gasteiger partial charge in [-0.25, -0.2) is 0 Å². The molecule has 3 rings (SSSR count). The van der Waals surface area contributed by atoms with E-state index in [0.717, 1.165) is 42.4 Å². The van der Waals surface area contributed by atoms with Crippen LogP contribution in [0.2, 0.25) is 0 Å². The normalized spacial score (nSPS) is 38.7. The summed E-state index contributed by atoms with van der Waals surface area (Å²) in [6, 6.07) is 0. The summed E-state index contributed by atoms with van der Waals surface area (Å²) in [7, 11) is 0. The maximum absolute atomic E-state index is 11.3. The van der Waals surface area contributed by atoms with Crippen molar-refractivity contribution < 1.29 is 9.53 Å². The molecule has 0 radical (unpaired) electrons. The Morgan fingerprint density at radius 3 is 1.96 bits per heavy atom. The van der Waals surface area contributed by atoms with Gasteiger partial charge in [0.15, 0.2) is 0 Å². The highest BCUT2D eigenvalue weighted by Gasteiger charge is 2.35. The van der Waals surface area contributed by atoms with Gasteiger partial charge in [-0.1, -0.05) is 39.0 Å². The highest BCUT2D eigenvalue weighted by molar-refractivity contribution is 5.66. The summed E-state index contributed by atoms with van der Waals surface area (Å²) >= 11 is 0. The van der Waals surface area contributed by atoms with Crippen molar-refractivity contribution in [3.63, 3.8) is 0 Å². The Bertz CT molecular complexity index is 416. The van der Waals surface area contributed by atoms with Gasteiger partial charge in [-0.15, -0.1) is 0 Å². The SMILES string of the molecule is CCCCC1CCC(C2CCC([C@H]3CCC[C@@H](OC(C)=O)C3)CC2)CC1. The van der Waals surface area contributed by atoms with Crippen molar-refractivity contribution in [2.75, 3.05) is 0 Å². The molecule has 3 aliphatic carbocycles. The third-order valence-electron chi connectivity index (χ3n) is 8.01. The zero-order valence-corrected chi connectivity index (χ0v) is 17.4. The Morgan fingerprint density at radius 2 is 1.38 bits per heavy atom. The Balaban J connectivity index is 1.38. The van der Waals surface area contributed by atoms with Crippen molar-refractivity contribution in [3.8, 4) is 0 Å². The van der Waals surface area contributed by atoms with E-state index in [0.29, 0.717) is 0 Å². The number of hydrogen-bond donors (Lipinski definition) is 0. The highest BCUT2D eigenvalue weighted by atomic mass is 16.5. The van der Waals surface area contributed by atoms with Crippen LogP contribution in [-0.2, 0) is 9.53 Å². The van der Waals surface area contributed by atoms with Crippen molar-refractivity contribution in [1.82, 2.24) is 0 Å². The second kappa shape index (κ2) is 10.1. The molecule has 3 fully saturated rings. The monoisotopic (exact) mass is 362 g/mol. The molecule has 0 aliphatic heterocycles. The molecule has 150 valence electrons. The van der Waals surface area contributed by atoms with E-state index < -0.39 is 0 Å². The summed E-state index contributed by atoms with van der Waals surface area (Å²) in [5.41, 5.74) is 0. The van der Waals surface area contributed by atoms with Crippen LogP contribution in [0.1, 0.15) is 110 Å². The number of unbranched alkanes of at least 4 members (excludes halogenated alkanes) is 1. The van der Waals surface area contributed by atoms with Crippen LogP contribution >= 0.6 is 0 Å². The van der Waals surface area contributed by atoms with Crippen LogP contribution in [-0.4, -0.2) is 12.1 Å². The maximum atomic E-state index is 11.3. The van der Waals surface area contributed by atoms with E-state index in [9.17, 15) is 4.79 Å². The van der Waals surface area contributed by atoms with E-state index in [2.05, 4.69) is 6.92 Å². The van der Waals surface area contributed by atoms with Gasteiger partial charge in [0.25, 0.3) is 0 Å². The van der Waals surface area contributed by atoms with E-state index in [1.54, 1.807) is 6.92 Å². The summed E-state index contributed by atoms with van der Waals surface area (Å²) in [6.07, 6.45) is 21.2. The first kappa shape index (κ1) is 20.2. The molecule has 0 aromatic carbocycles. The number of esters is 1. The highest BCUT2D eigenvalue weighted by Crippen LogP contribution is 2.46. The minimum atomic E-state index is -0.0890. The van der Waals surface area contributed by atoms with Crippen molar-refractivity contribution in [1.29, 1.82) is 0 Å². The van der Waals surface area contributed by atoms with Crippen molar-refractivity contribution in [2.24, 2.45) is 29.6 Å².